The lowest BCUT2D eigenvalue weighted by atomic mass is 10.1. The zero-order valence-electron chi connectivity index (χ0n) is 10.9. The number of carbonyl (C=O) groups is 1. The Morgan fingerprint density at radius 3 is 2.76 bits per heavy atom. The van der Waals surface area contributed by atoms with E-state index in [2.05, 4.69) is 0 Å². The molecule has 0 aliphatic carbocycles. The topological polar surface area (TPSA) is 59.7 Å². The Bertz CT molecular complexity index is 807. The second-order valence-corrected chi connectivity index (χ2v) is 4.46. The minimum absolute atomic E-state index is 0.0225. The highest BCUT2D eigenvalue weighted by Gasteiger charge is 2.13. The van der Waals surface area contributed by atoms with Gasteiger partial charge in [-0.3, -0.25) is 0 Å². The molecule has 2 aromatic carbocycles. The number of halogens is 1. The largest absolute Gasteiger partial charge is 0.483 e. The number of ether oxygens (including phenoxy) is 1. The lowest BCUT2D eigenvalue weighted by molar-refractivity contribution is 0.0697. The van der Waals surface area contributed by atoms with Crippen molar-refractivity contribution >= 4 is 16.9 Å². The molecule has 0 spiro atoms. The maximum Gasteiger partial charge on any atom is 0.339 e. The Hall–Kier alpha value is -2.82. The van der Waals surface area contributed by atoms with Gasteiger partial charge in [0, 0.05) is 5.39 Å². The van der Waals surface area contributed by atoms with Crippen LogP contribution in [0, 0.1) is 5.82 Å². The van der Waals surface area contributed by atoms with Gasteiger partial charge >= 0.3 is 5.97 Å². The zero-order chi connectivity index (χ0) is 14.8. The molecule has 0 amide bonds. The van der Waals surface area contributed by atoms with Gasteiger partial charge in [0.1, 0.15) is 23.5 Å². The molecule has 21 heavy (non-hydrogen) atoms. The van der Waals surface area contributed by atoms with E-state index in [4.69, 9.17) is 14.3 Å². The van der Waals surface area contributed by atoms with Gasteiger partial charge in [-0.15, -0.1) is 0 Å². The molecule has 0 bridgehead atoms. The fraction of sp³-hybridized carbons (Fsp3) is 0.0625. The van der Waals surface area contributed by atoms with E-state index in [1.54, 1.807) is 30.3 Å². The SMILES string of the molecule is O=C(O)c1cccc2cc(COc3ccccc3F)oc12. The van der Waals surface area contributed by atoms with Crippen molar-refractivity contribution in [3.63, 3.8) is 0 Å². The lowest BCUT2D eigenvalue weighted by Crippen LogP contribution is -1.96. The predicted molar refractivity (Wildman–Crippen MR) is 73.9 cm³/mol. The Balaban J connectivity index is 1.87. The van der Waals surface area contributed by atoms with E-state index in [1.807, 2.05) is 0 Å². The summed E-state index contributed by atoms with van der Waals surface area (Å²) in [6.45, 7) is 0.0225. The Kier molecular flexibility index (Phi) is 3.31. The van der Waals surface area contributed by atoms with E-state index in [0.29, 0.717) is 11.1 Å². The summed E-state index contributed by atoms with van der Waals surface area (Å²) in [6.07, 6.45) is 0. The van der Waals surface area contributed by atoms with Gasteiger partial charge in [-0.25, -0.2) is 9.18 Å². The fourth-order valence-electron chi connectivity index (χ4n) is 2.07. The molecule has 0 aliphatic rings. The van der Waals surface area contributed by atoms with E-state index in [1.165, 1.54) is 18.2 Å². The Labute approximate surface area is 119 Å². The van der Waals surface area contributed by atoms with Crippen LogP contribution in [-0.2, 0) is 6.61 Å². The van der Waals surface area contributed by atoms with E-state index in [0.717, 1.165) is 0 Å². The number of hydrogen-bond donors (Lipinski definition) is 1. The predicted octanol–water partition coefficient (Wildman–Crippen LogP) is 3.85. The summed E-state index contributed by atoms with van der Waals surface area (Å²) >= 11 is 0. The number of hydrogen-bond acceptors (Lipinski definition) is 3. The third-order valence-electron chi connectivity index (χ3n) is 3.03. The number of fused-ring (bicyclic) bond motifs is 1. The average molecular weight is 286 g/mol. The van der Waals surface area contributed by atoms with Gasteiger partial charge in [0.05, 0.1) is 0 Å². The first-order valence-electron chi connectivity index (χ1n) is 6.27. The standard InChI is InChI=1S/C16H11FO4/c17-13-6-1-2-7-14(13)20-9-11-8-10-4-3-5-12(16(18)19)15(10)21-11/h1-8H,9H2,(H,18,19). The van der Waals surface area contributed by atoms with Crippen molar-refractivity contribution in [2.75, 3.05) is 0 Å². The number of benzene rings is 2. The van der Waals surface area contributed by atoms with Crippen LogP contribution >= 0.6 is 0 Å². The highest BCUT2D eigenvalue weighted by atomic mass is 19.1. The molecule has 0 aliphatic heterocycles. The van der Waals surface area contributed by atoms with Crippen molar-refractivity contribution in [3.05, 3.63) is 65.7 Å². The molecule has 3 aromatic rings. The molecule has 0 radical (unpaired) electrons. The van der Waals surface area contributed by atoms with Gasteiger partial charge in [-0.05, 0) is 24.3 Å². The number of aromatic carboxylic acids is 1. The molecular formula is C16H11FO4. The minimum Gasteiger partial charge on any atom is -0.483 e. The second kappa shape index (κ2) is 5.28. The van der Waals surface area contributed by atoms with Crippen LogP contribution < -0.4 is 4.74 Å². The average Bonchev–Trinajstić information content (AvgIpc) is 2.88. The van der Waals surface area contributed by atoms with Gasteiger partial charge in [-0.1, -0.05) is 24.3 Å². The monoisotopic (exact) mass is 286 g/mol. The summed E-state index contributed by atoms with van der Waals surface area (Å²) in [5.41, 5.74) is 0.377. The highest BCUT2D eigenvalue weighted by Crippen LogP contribution is 2.25. The normalized spacial score (nSPS) is 10.7. The number of carboxylic acid groups (broad SMARTS) is 1. The van der Waals surface area contributed by atoms with Crippen molar-refractivity contribution in [2.24, 2.45) is 0 Å². The number of carboxylic acids is 1. The Morgan fingerprint density at radius 2 is 2.00 bits per heavy atom. The molecule has 106 valence electrons. The molecule has 4 nitrogen and oxygen atoms in total. The molecular weight excluding hydrogens is 275 g/mol. The number of furan rings is 1. The first-order chi connectivity index (χ1) is 10.1. The third kappa shape index (κ3) is 2.58. The van der Waals surface area contributed by atoms with Crippen LogP contribution in [0.1, 0.15) is 16.1 Å². The summed E-state index contributed by atoms with van der Waals surface area (Å²) in [5, 5.41) is 9.76. The molecule has 1 N–H and O–H groups in total. The number of para-hydroxylation sites is 2. The summed E-state index contributed by atoms with van der Waals surface area (Å²) in [5.74, 6) is -0.963. The minimum atomic E-state index is -1.06. The van der Waals surface area contributed by atoms with Gasteiger partial charge < -0.3 is 14.3 Å². The molecule has 0 saturated heterocycles. The lowest BCUT2D eigenvalue weighted by Gasteiger charge is -2.04. The molecule has 0 unspecified atom stereocenters. The van der Waals surface area contributed by atoms with E-state index in [-0.39, 0.29) is 23.5 Å². The van der Waals surface area contributed by atoms with Crippen molar-refractivity contribution in [1.29, 1.82) is 0 Å². The smallest absolute Gasteiger partial charge is 0.339 e. The molecule has 0 fully saturated rings. The zero-order valence-corrected chi connectivity index (χ0v) is 10.9. The van der Waals surface area contributed by atoms with Gasteiger partial charge in [0.2, 0.25) is 0 Å². The van der Waals surface area contributed by atoms with Crippen LogP contribution in [0.2, 0.25) is 0 Å². The first kappa shape index (κ1) is 13.2. The van der Waals surface area contributed by atoms with E-state index >= 15 is 0 Å². The van der Waals surface area contributed by atoms with Crippen LogP contribution in [0.15, 0.2) is 52.9 Å². The first-order valence-corrected chi connectivity index (χ1v) is 6.27. The summed E-state index contributed by atoms with van der Waals surface area (Å²) in [6, 6.07) is 12.6. The third-order valence-corrected chi connectivity index (χ3v) is 3.03. The highest BCUT2D eigenvalue weighted by molar-refractivity contribution is 6.01. The van der Waals surface area contributed by atoms with Crippen molar-refractivity contribution in [1.82, 2.24) is 0 Å². The van der Waals surface area contributed by atoms with Gasteiger partial charge in [0.15, 0.2) is 11.6 Å². The van der Waals surface area contributed by atoms with E-state index in [9.17, 15) is 9.18 Å². The molecule has 1 aromatic heterocycles. The van der Waals surface area contributed by atoms with E-state index < -0.39 is 11.8 Å². The van der Waals surface area contributed by atoms with Crippen LogP contribution in [0.4, 0.5) is 4.39 Å². The fourth-order valence-corrected chi connectivity index (χ4v) is 2.07. The Morgan fingerprint density at radius 1 is 1.19 bits per heavy atom. The van der Waals surface area contributed by atoms with Gasteiger partial charge in [-0.2, -0.15) is 0 Å². The molecule has 5 heteroatoms. The summed E-state index contributed by atoms with van der Waals surface area (Å²) < 4.78 is 24.3. The summed E-state index contributed by atoms with van der Waals surface area (Å²) in [7, 11) is 0. The van der Waals surface area contributed by atoms with Crippen LogP contribution in [0.25, 0.3) is 11.0 Å². The van der Waals surface area contributed by atoms with Gasteiger partial charge in [0.25, 0.3) is 0 Å². The number of rotatable bonds is 4. The molecule has 1 heterocycles. The maximum absolute atomic E-state index is 13.4. The van der Waals surface area contributed by atoms with Crippen molar-refractivity contribution < 1.29 is 23.4 Å². The molecule has 0 saturated carbocycles. The summed E-state index contributed by atoms with van der Waals surface area (Å²) in [4.78, 5) is 11.1. The maximum atomic E-state index is 13.4. The van der Waals surface area contributed by atoms with Crippen LogP contribution in [0.3, 0.4) is 0 Å². The molecule has 3 rings (SSSR count). The molecule has 0 atom stereocenters. The second-order valence-electron chi connectivity index (χ2n) is 4.46. The van der Waals surface area contributed by atoms with Crippen LogP contribution in [-0.4, -0.2) is 11.1 Å². The van der Waals surface area contributed by atoms with Crippen molar-refractivity contribution in [3.8, 4) is 5.75 Å². The van der Waals surface area contributed by atoms with Crippen LogP contribution in [0.5, 0.6) is 5.75 Å². The van der Waals surface area contributed by atoms with Crippen molar-refractivity contribution in [2.45, 2.75) is 6.61 Å². The quantitative estimate of drug-likeness (QED) is 0.791.